The number of piperidine rings is 1. The van der Waals surface area contributed by atoms with Gasteiger partial charge in [0.1, 0.15) is 12.4 Å². The van der Waals surface area contributed by atoms with E-state index in [2.05, 4.69) is 37.2 Å². The molecule has 4 rings (SSSR count). The number of methoxy groups -OCH3 is 1. The number of hydrogen-bond donors (Lipinski definition) is 0. The van der Waals surface area contributed by atoms with Crippen LogP contribution in [0.4, 0.5) is 0 Å². The molecular weight excluding hydrogens is 428 g/mol. The lowest BCUT2D eigenvalue weighted by Crippen LogP contribution is -2.41. The molecule has 0 radical (unpaired) electrons. The second kappa shape index (κ2) is 11.0. The Labute approximate surface area is 202 Å². The second-order valence-electron chi connectivity index (χ2n) is 9.67. The summed E-state index contributed by atoms with van der Waals surface area (Å²) >= 11 is 0. The number of nitrogens with zero attached hydrogens (tertiary/aromatic N) is 2. The van der Waals surface area contributed by atoms with Crippen molar-refractivity contribution in [1.29, 1.82) is 0 Å². The molecular formula is C28H36N2O4. The molecule has 1 saturated heterocycles. The van der Waals surface area contributed by atoms with E-state index in [1.54, 1.807) is 7.11 Å². The Balaban J connectivity index is 1.30. The molecule has 1 aliphatic carbocycles. The lowest BCUT2D eigenvalue weighted by molar-refractivity contribution is -0.134. The molecule has 1 spiro atoms. The van der Waals surface area contributed by atoms with Gasteiger partial charge in [0.15, 0.2) is 6.61 Å². The van der Waals surface area contributed by atoms with Crippen LogP contribution in [0.5, 0.6) is 5.75 Å². The molecule has 1 saturated carbocycles. The number of benzene rings is 2. The summed E-state index contributed by atoms with van der Waals surface area (Å²) in [5, 5.41) is 4.40. The molecule has 2 aromatic rings. The van der Waals surface area contributed by atoms with Crippen molar-refractivity contribution in [2.75, 3.05) is 33.4 Å². The standard InChI is InChI=1S/C28H36N2O4/c1-21-4-5-23(18-22(21)2)19-34-29-26(10-17-32-3)24-6-8-25(9-7-24)33-20-27(31)30-15-13-28(11-12-28)14-16-30/h4-9,18H,10-17,19-20H2,1-3H3. The van der Waals surface area contributed by atoms with Crippen molar-refractivity contribution >= 4 is 11.6 Å². The van der Waals surface area contributed by atoms with Crippen LogP contribution in [0, 0.1) is 19.3 Å². The molecule has 1 amide bonds. The summed E-state index contributed by atoms with van der Waals surface area (Å²) in [5.41, 5.74) is 5.92. The summed E-state index contributed by atoms with van der Waals surface area (Å²) in [4.78, 5) is 20.1. The first-order chi connectivity index (χ1) is 16.5. The number of carbonyl (C=O) groups is 1. The summed E-state index contributed by atoms with van der Waals surface area (Å²) < 4.78 is 11.0. The predicted octanol–water partition coefficient (Wildman–Crippen LogP) is 5.04. The molecule has 1 aliphatic heterocycles. The van der Waals surface area contributed by atoms with Crippen LogP contribution < -0.4 is 4.74 Å². The summed E-state index contributed by atoms with van der Waals surface area (Å²) in [7, 11) is 1.67. The Kier molecular flexibility index (Phi) is 7.88. The van der Waals surface area contributed by atoms with Gasteiger partial charge in [-0.1, -0.05) is 23.4 Å². The zero-order valence-electron chi connectivity index (χ0n) is 20.6. The lowest BCUT2D eigenvalue weighted by atomic mass is 9.94. The molecule has 182 valence electrons. The molecule has 0 atom stereocenters. The van der Waals surface area contributed by atoms with Gasteiger partial charge in [0.25, 0.3) is 5.91 Å². The van der Waals surface area contributed by atoms with Crippen LogP contribution in [0.1, 0.15) is 54.4 Å². The molecule has 34 heavy (non-hydrogen) atoms. The minimum Gasteiger partial charge on any atom is -0.484 e. The first-order valence-corrected chi connectivity index (χ1v) is 12.2. The molecule has 2 aliphatic rings. The normalized spacial score (nSPS) is 17.0. The van der Waals surface area contributed by atoms with Gasteiger partial charge in [-0.3, -0.25) is 4.79 Å². The molecule has 0 bridgehead atoms. The van der Waals surface area contributed by atoms with E-state index in [0.717, 1.165) is 42.8 Å². The number of rotatable bonds is 10. The van der Waals surface area contributed by atoms with Crippen LogP contribution in [0.3, 0.4) is 0 Å². The molecule has 6 nitrogen and oxygen atoms in total. The van der Waals surface area contributed by atoms with E-state index in [-0.39, 0.29) is 12.5 Å². The third-order valence-corrected chi connectivity index (χ3v) is 7.20. The van der Waals surface area contributed by atoms with Gasteiger partial charge >= 0.3 is 0 Å². The maximum absolute atomic E-state index is 12.5. The van der Waals surface area contributed by atoms with Gasteiger partial charge in [0.2, 0.25) is 0 Å². The van der Waals surface area contributed by atoms with E-state index in [4.69, 9.17) is 14.3 Å². The number of amides is 1. The Hall–Kier alpha value is -2.86. The molecule has 2 aromatic carbocycles. The van der Waals surface area contributed by atoms with Crippen molar-refractivity contribution < 1.29 is 19.1 Å². The largest absolute Gasteiger partial charge is 0.484 e. The Morgan fingerprint density at radius 2 is 1.74 bits per heavy atom. The lowest BCUT2D eigenvalue weighted by Gasteiger charge is -2.32. The topological polar surface area (TPSA) is 60.4 Å². The minimum atomic E-state index is 0.0710. The molecule has 2 fully saturated rings. The van der Waals surface area contributed by atoms with Crippen molar-refractivity contribution in [3.63, 3.8) is 0 Å². The Morgan fingerprint density at radius 3 is 2.38 bits per heavy atom. The first kappa shape index (κ1) is 24.3. The van der Waals surface area contributed by atoms with Crippen LogP contribution in [0.2, 0.25) is 0 Å². The Morgan fingerprint density at radius 1 is 1.00 bits per heavy atom. The van der Waals surface area contributed by atoms with Crippen LogP contribution >= 0.6 is 0 Å². The second-order valence-corrected chi connectivity index (χ2v) is 9.67. The monoisotopic (exact) mass is 464 g/mol. The van der Waals surface area contributed by atoms with Gasteiger partial charge in [-0.05, 0) is 91.5 Å². The minimum absolute atomic E-state index is 0.0710. The van der Waals surface area contributed by atoms with Crippen molar-refractivity contribution in [2.24, 2.45) is 10.6 Å². The highest BCUT2D eigenvalue weighted by Gasteiger charge is 2.45. The highest BCUT2D eigenvalue weighted by Crippen LogP contribution is 2.53. The third kappa shape index (κ3) is 6.38. The molecule has 6 heteroatoms. The van der Waals surface area contributed by atoms with Crippen molar-refractivity contribution in [3.8, 4) is 5.75 Å². The van der Waals surface area contributed by atoms with E-state index >= 15 is 0 Å². The Bertz CT molecular complexity index is 1000. The summed E-state index contributed by atoms with van der Waals surface area (Å²) in [6, 6.07) is 13.9. The van der Waals surface area contributed by atoms with Crippen molar-refractivity contribution in [2.45, 2.75) is 52.6 Å². The number of carbonyl (C=O) groups excluding carboxylic acids is 1. The zero-order chi connectivity index (χ0) is 24.0. The van der Waals surface area contributed by atoms with E-state index in [1.165, 1.54) is 24.0 Å². The van der Waals surface area contributed by atoms with E-state index in [9.17, 15) is 4.79 Å². The summed E-state index contributed by atoms with van der Waals surface area (Å²) in [6.45, 7) is 6.97. The first-order valence-electron chi connectivity index (χ1n) is 12.2. The number of likely N-dealkylation sites (tertiary alicyclic amines) is 1. The highest BCUT2D eigenvalue weighted by molar-refractivity contribution is 6.00. The molecule has 1 heterocycles. The summed E-state index contributed by atoms with van der Waals surface area (Å²) in [6.07, 6.45) is 5.60. The fraction of sp³-hybridized carbons (Fsp3) is 0.500. The number of aryl methyl sites for hydroxylation is 2. The van der Waals surface area contributed by atoms with E-state index in [1.807, 2.05) is 29.2 Å². The predicted molar refractivity (Wildman–Crippen MR) is 133 cm³/mol. The van der Waals surface area contributed by atoms with Crippen molar-refractivity contribution in [3.05, 3.63) is 64.7 Å². The van der Waals surface area contributed by atoms with Gasteiger partial charge < -0.3 is 19.2 Å². The average Bonchev–Trinajstić information content (AvgIpc) is 3.61. The quantitative estimate of drug-likeness (QED) is 0.365. The smallest absolute Gasteiger partial charge is 0.260 e. The maximum Gasteiger partial charge on any atom is 0.260 e. The van der Waals surface area contributed by atoms with Gasteiger partial charge in [0, 0.05) is 26.6 Å². The zero-order valence-corrected chi connectivity index (χ0v) is 20.6. The van der Waals surface area contributed by atoms with E-state index in [0.29, 0.717) is 30.8 Å². The van der Waals surface area contributed by atoms with Gasteiger partial charge in [-0.25, -0.2) is 0 Å². The van der Waals surface area contributed by atoms with Gasteiger partial charge in [0.05, 0.1) is 12.3 Å². The molecule has 0 unspecified atom stereocenters. The van der Waals surface area contributed by atoms with Crippen LogP contribution in [0.15, 0.2) is 47.6 Å². The molecule has 0 aromatic heterocycles. The number of hydrogen-bond acceptors (Lipinski definition) is 5. The number of ether oxygens (including phenoxy) is 2. The average molecular weight is 465 g/mol. The van der Waals surface area contributed by atoms with E-state index < -0.39 is 0 Å². The SMILES string of the molecule is COCCC(=NOCc1ccc(C)c(C)c1)c1ccc(OCC(=O)N2CCC3(CC2)CC3)cc1. The fourth-order valence-electron chi connectivity index (χ4n) is 4.41. The summed E-state index contributed by atoms with van der Waals surface area (Å²) in [5.74, 6) is 0.747. The van der Waals surface area contributed by atoms with Crippen molar-refractivity contribution in [1.82, 2.24) is 4.90 Å². The van der Waals surface area contributed by atoms with Gasteiger partial charge in [-0.2, -0.15) is 0 Å². The highest BCUT2D eigenvalue weighted by atomic mass is 16.6. The third-order valence-electron chi connectivity index (χ3n) is 7.20. The van der Waals surface area contributed by atoms with Crippen LogP contribution in [-0.4, -0.2) is 49.9 Å². The van der Waals surface area contributed by atoms with Crippen LogP contribution in [-0.2, 0) is 21.0 Å². The molecule has 0 N–H and O–H groups in total. The fourth-order valence-corrected chi connectivity index (χ4v) is 4.41. The number of oxime groups is 1. The van der Waals surface area contributed by atoms with Gasteiger partial charge in [-0.15, -0.1) is 0 Å². The maximum atomic E-state index is 12.5. The van der Waals surface area contributed by atoms with Crippen LogP contribution in [0.25, 0.3) is 0 Å².